The summed E-state index contributed by atoms with van der Waals surface area (Å²) in [6, 6.07) is 6.60. The first-order chi connectivity index (χ1) is 11.2. The van der Waals surface area contributed by atoms with E-state index in [2.05, 4.69) is 45.1 Å². The van der Waals surface area contributed by atoms with Crippen molar-refractivity contribution in [1.29, 1.82) is 0 Å². The zero-order valence-electron chi connectivity index (χ0n) is 13.3. The van der Waals surface area contributed by atoms with Crippen molar-refractivity contribution in [2.24, 2.45) is 0 Å². The molecule has 120 valence electrons. The number of nitrogens with zero attached hydrogens (tertiary/aromatic N) is 5. The Hall–Kier alpha value is -1.73. The molecule has 0 saturated carbocycles. The van der Waals surface area contributed by atoms with E-state index in [9.17, 15) is 0 Å². The Kier molecular flexibility index (Phi) is 3.90. The first-order valence-corrected chi connectivity index (χ1v) is 9.55. The van der Waals surface area contributed by atoms with Crippen LogP contribution < -0.4 is 9.80 Å². The van der Waals surface area contributed by atoms with Crippen LogP contribution in [0.25, 0.3) is 10.2 Å². The van der Waals surface area contributed by atoms with Crippen molar-refractivity contribution in [1.82, 2.24) is 15.2 Å². The second-order valence-electron chi connectivity index (χ2n) is 5.73. The maximum atomic E-state index is 4.81. The van der Waals surface area contributed by atoms with Crippen LogP contribution in [0.1, 0.15) is 17.5 Å². The van der Waals surface area contributed by atoms with Gasteiger partial charge in [0.25, 0.3) is 0 Å². The minimum atomic E-state index is 0.977. The summed E-state index contributed by atoms with van der Waals surface area (Å²) in [6.45, 7) is 8.12. The van der Waals surface area contributed by atoms with E-state index in [1.807, 2.05) is 6.92 Å². The van der Waals surface area contributed by atoms with Crippen LogP contribution in [0.3, 0.4) is 0 Å². The van der Waals surface area contributed by atoms with Gasteiger partial charge in [-0.3, -0.25) is 0 Å². The Morgan fingerprint density at radius 2 is 1.74 bits per heavy atom. The van der Waals surface area contributed by atoms with Crippen LogP contribution in [0.4, 0.5) is 10.3 Å². The summed E-state index contributed by atoms with van der Waals surface area (Å²) < 4.78 is 1.29. The summed E-state index contributed by atoms with van der Waals surface area (Å²) in [6.07, 6.45) is 1.07. The summed E-state index contributed by atoms with van der Waals surface area (Å²) in [5.74, 6) is 0. The van der Waals surface area contributed by atoms with E-state index in [-0.39, 0.29) is 0 Å². The molecule has 3 aromatic rings. The van der Waals surface area contributed by atoms with Gasteiger partial charge in [-0.2, -0.15) is 0 Å². The highest BCUT2D eigenvalue weighted by atomic mass is 32.1. The van der Waals surface area contributed by atoms with E-state index in [4.69, 9.17) is 4.98 Å². The summed E-state index contributed by atoms with van der Waals surface area (Å²) in [5, 5.41) is 11.6. The molecule has 1 aliphatic rings. The fourth-order valence-corrected chi connectivity index (χ4v) is 4.64. The van der Waals surface area contributed by atoms with Gasteiger partial charge in [-0.15, -0.1) is 10.2 Å². The largest absolute Gasteiger partial charge is 0.345 e. The summed E-state index contributed by atoms with van der Waals surface area (Å²) in [4.78, 5) is 9.53. The number of anilines is 2. The zero-order chi connectivity index (χ0) is 15.8. The Labute approximate surface area is 143 Å². The van der Waals surface area contributed by atoms with E-state index in [1.165, 1.54) is 10.3 Å². The Bertz CT molecular complexity index is 817. The minimum absolute atomic E-state index is 0.977. The molecule has 2 aromatic heterocycles. The molecule has 0 radical (unpaired) electrons. The van der Waals surface area contributed by atoms with Gasteiger partial charge in [0.2, 0.25) is 5.13 Å². The molecule has 0 atom stereocenters. The first kappa shape index (κ1) is 14.8. The van der Waals surface area contributed by atoms with Gasteiger partial charge >= 0.3 is 0 Å². The third kappa shape index (κ3) is 2.90. The number of hydrogen-bond donors (Lipinski definition) is 0. The molecule has 4 rings (SSSR count). The molecular formula is C16H19N5S2. The number of benzene rings is 1. The maximum Gasteiger partial charge on any atom is 0.208 e. The molecule has 1 aliphatic heterocycles. The SMILES string of the molecule is CCc1ccc2nc(N3CCN(c4nnc(C)s4)CC3)sc2c1. The quantitative estimate of drug-likeness (QED) is 0.728. The second-order valence-corrected chi connectivity index (χ2v) is 7.90. The van der Waals surface area contributed by atoms with E-state index in [1.54, 1.807) is 22.7 Å². The van der Waals surface area contributed by atoms with Crippen molar-refractivity contribution in [3.63, 3.8) is 0 Å². The van der Waals surface area contributed by atoms with Gasteiger partial charge in [-0.1, -0.05) is 35.7 Å². The highest BCUT2D eigenvalue weighted by Gasteiger charge is 2.22. The van der Waals surface area contributed by atoms with Crippen LogP contribution in [0, 0.1) is 6.92 Å². The molecule has 0 unspecified atom stereocenters. The highest BCUT2D eigenvalue weighted by Crippen LogP contribution is 2.31. The molecule has 0 aliphatic carbocycles. The molecule has 1 aromatic carbocycles. The van der Waals surface area contributed by atoms with E-state index >= 15 is 0 Å². The lowest BCUT2D eigenvalue weighted by molar-refractivity contribution is 0.648. The number of hydrogen-bond acceptors (Lipinski definition) is 7. The molecule has 23 heavy (non-hydrogen) atoms. The van der Waals surface area contributed by atoms with Crippen molar-refractivity contribution in [3.8, 4) is 0 Å². The van der Waals surface area contributed by atoms with Gasteiger partial charge in [-0.25, -0.2) is 4.98 Å². The van der Waals surface area contributed by atoms with Crippen LogP contribution in [-0.4, -0.2) is 41.4 Å². The number of piperazine rings is 1. The molecule has 1 saturated heterocycles. The van der Waals surface area contributed by atoms with E-state index < -0.39 is 0 Å². The van der Waals surface area contributed by atoms with Crippen molar-refractivity contribution >= 4 is 43.2 Å². The van der Waals surface area contributed by atoms with Crippen LogP contribution in [0.5, 0.6) is 0 Å². The van der Waals surface area contributed by atoms with Gasteiger partial charge in [0.1, 0.15) is 5.01 Å². The number of fused-ring (bicyclic) bond motifs is 1. The Morgan fingerprint density at radius 3 is 2.39 bits per heavy atom. The normalized spacial score (nSPS) is 15.6. The summed E-state index contributed by atoms with van der Waals surface area (Å²) in [7, 11) is 0. The van der Waals surface area contributed by atoms with Crippen LogP contribution in [-0.2, 0) is 6.42 Å². The molecule has 0 amide bonds. The molecule has 1 fully saturated rings. The van der Waals surface area contributed by atoms with Crippen molar-refractivity contribution in [2.45, 2.75) is 20.3 Å². The van der Waals surface area contributed by atoms with Crippen LogP contribution >= 0.6 is 22.7 Å². The van der Waals surface area contributed by atoms with Crippen molar-refractivity contribution < 1.29 is 0 Å². The molecule has 0 bridgehead atoms. The van der Waals surface area contributed by atoms with Crippen molar-refractivity contribution in [3.05, 3.63) is 28.8 Å². The molecule has 0 spiro atoms. The average Bonchev–Trinajstić information content (AvgIpc) is 3.20. The third-order valence-electron chi connectivity index (χ3n) is 4.19. The maximum absolute atomic E-state index is 4.81. The topological polar surface area (TPSA) is 45.2 Å². The lowest BCUT2D eigenvalue weighted by atomic mass is 10.2. The average molecular weight is 345 g/mol. The first-order valence-electron chi connectivity index (χ1n) is 7.92. The molecular weight excluding hydrogens is 326 g/mol. The van der Waals surface area contributed by atoms with Gasteiger partial charge < -0.3 is 9.80 Å². The monoisotopic (exact) mass is 345 g/mol. The standard InChI is InChI=1S/C16H19N5S2/c1-3-12-4-5-13-14(10-12)23-15(17-13)20-6-8-21(9-7-20)16-19-18-11(2)22-16/h4-5,10H,3,6-9H2,1-2H3. The van der Waals surface area contributed by atoms with Gasteiger partial charge in [0.05, 0.1) is 10.2 Å². The highest BCUT2D eigenvalue weighted by molar-refractivity contribution is 7.22. The minimum Gasteiger partial charge on any atom is -0.345 e. The Balaban J connectivity index is 1.49. The number of aryl methyl sites for hydroxylation is 2. The van der Waals surface area contributed by atoms with Crippen LogP contribution in [0.2, 0.25) is 0 Å². The zero-order valence-corrected chi connectivity index (χ0v) is 15.0. The predicted octanol–water partition coefficient (Wildman–Crippen LogP) is 3.35. The molecule has 7 heteroatoms. The van der Waals surface area contributed by atoms with Crippen molar-refractivity contribution in [2.75, 3.05) is 36.0 Å². The fraction of sp³-hybridized carbons (Fsp3) is 0.438. The van der Waals surface area contributed by atoms with Gasteiger partial charge in [-0.05, 0) is 31.0 Å². The van der Waals surface area contributed by atoms with E-state index in [0.29, 0.717) is 0 Å². The number of thiazole rings is 1. The molecule has 0 N–H and O–H groups in total. The summed E-state index contributed by atoms with van der Waals surface area (Å²) >= 11 is 3.48. The summed E-state index contributed by atoms with van der Waals surface area (Å²) in [5.41, 5.74) is 2.49. The van der Waals surface area contributed by atoms with Gasteiger partial charge in [0, 0.05) is 26.2 Å². The smallest absolute Gasteiger partial charge is 0.208 e. The third-order valence-corrected chi connectivity index (χ3v) is 6.16. The lowest BCUT2D eigenvalue weighted by Crippen LogP contribution is -2.46. The predicted molar refractivity (Wildman–Crippen MR) is 98.1 cm³/mol. The lowest BCUT2D eigenvalue weighted by Gasteiger charge is -2.34. The number of aromatic nitrogens is 3. The van der Waals surface area contributed by atoms with Crippen LogP contribution in [0.15, 0.2) is 18.2 Å². The van der Waals surface area contributed by atoms with E-state index in [0.717, 1.165) is 53.4 Å². The fourth-order valence-electron chi connectivity index (χ4n) is 2.81. The number of rotatable bonds is 3. The molecule has 5 nitrogen and oxygen atoms in total. The molecule has 3 heterocycles. The van der Waals surface area contributed by atoms with Gasteiger partial charge in [0.15, 0.2) is 5.13 Å². The second kappa shape index (κ2) is 6.05. The Morgan fingerprint density at radius 1 is 1.00 bits per heavy atom.